The number of hydrogen-bond donors (Lipinski definition) is 5. The summed E-state index contributed by atoms with van der Waals surface area (Å²) in [5.41, 5.74) is 4.83. The van der Waals surface area contributed by atoms with Crippen molar-refractivity contribution in [2.75, 3.05) is 0 Å². The largest absolute Gasteiger partial charge is 0.481 e. The lowest BCUT2D eigenvalue weighted by Crippen LogP contribution is -2.46. The van der Waals surface area contributed by atoms with Crippen molar-refractivity contribution >= 4 is 29.9 Å². The normalized spacial score (nSPS) is 12.7. The molecule has 0 saturated heterocycles. The number of amides is 2. The van der Waals surface area contributed by atoms with Gasteiger partial charge in [0, 0.05) is 19.3 Å². The number of carboxylic acids is 3. The lowest BCUT2D eigenvalue weighted by Gasteiger charge is -2.19. The summed E-state index contributed by atoms with van der Waals surface area (Å²) in [6.07, 6.45) is -3.60. The summed E-state index contributed by atoms with van der Waals surface area (Å²) in [5, 5.41) is 27.8. The van der Waals surface area contributed by atoms with Crippen LogP contribution in [0.1, 0.15) is 25.7 Å². The van der Waals surface area contributed by atoms with E-state index >= 15 is 0 Å². The van der Waals surface area contributed by atoms with Crippen molar-refractivity contribution in [2.24, 2.45) is 5.73 Å². The van der Waals surface area contributed by atoms with Gasteiger partial charge < -0.3 is 31.1 Å². The Morgan fingerprint density at radius 1 is 0.955 bits per heavy atom. The van der Waals surface area contributed by atoms with Crippen molar-refractivity contribution < 1.29 is 44.0 Å². The summed E-state index contributed by atoms with van der Waals surface area (Å²) in [6.45, 7) is 0. The van der Waals surface area contributed by atoms with Gasteiger partial charge in [0.25, 0.3) is 0 Å². The number of carboxylic acid groups (broad SMARTS) is 3. The highest BCUT2D eigenvalue weighted by atomic mass is 16.6. The third-order valence-electron chi connectivity index (χ3n) is 2.40. The molecule has 0 spiro atoms. The first-order valence-corrected chi connectivity index (χ1v) is 6.06. The van der Waals surface area contributed by atoms with E-state index in [1.54, 1.807) is 0 Å². The number of hydrogen-bond acceptors (Lipinski definition) is 6. The van der Waals surface area contributed by atoms with E-state index in [4.69, 9.17) is 21.1 Å². The summed E-state index contributed by atoms with van der Waals surface area (Å²) < 4.78 is 4.59. The van der Waals surface area contributed by atoms with Gasteiger partial charge in [0.15, 0.2) is 6.10 Å². The Morgan fingerprint density at radius 2 is 1.45 bits per heavy atom. The molecular weight excluding hydrogens is 304 g/mol. The fraction of sp³-hybridized carbons (Fsp3) is 0.545. The van der Waals surface area contributed by atoms with Crippen molar-refractivity contribution in [2.45, 2.75) is 37.8 Å². The molecule has 0 heterocycles. The summed E-state index contributed by atoms with van der Waals surface area (Å²) in [7, 11) is 0. The fourth-order valence-electron chi connectivity index (χ4n) is 1.40. The molecule has 2 amide bonds. The molecule has 124 valence electrons. The van der Waals surface area contributed by atoms with Gasteiger partial charge in [-0.15, -0.1) is 0 Å². The topological polar surface area (TPSA) is 193 Å². The number of ether oxygens (including phenoxy) is 1. The molecule has 0 saturated carbocycles. The predicted octanol–water partition coefficient (Wildman–Crippen LogP) is -1.25. The maximum absolute atomic E-state index is 11.8. The highest BCUT2D eigenvalue weighted by molar-refractivity contribution is 5.85. The molecule has 11 nitrogen and oxygen atoms in total. The monoisotopic (exact) mass is 320 g/mol. The minimum absolute atomic E-state index is 0.359. The lowest BCUT2D eigenvalue weighted by atomic mass is 10.1. The Labute approximate surface area is 124 Å². The molecule has 0 bridgehead atoms. The van der Waals surface area contributed by atoms with Crippen molar-refractivity contribution in [1.29, 1.82) is 0 Å². The maximum atomic E-state index is 11.8. The number of rotatable bonds is 10. The number of esters is 1. The Morgan fingerprint density at radius 3 is 1.86 bits per heavy atom. The number of aliphatic carboxylic acids is 3. The van der Waals surface area contributed by atoms with Crippen molar-refractivity contribution in [3.8, 4) is 0 Å². The molecule has 0 aromatic carbocycles. The van der Waals surface area contributed by atoms with E-state index in [1.165, 1.54) is 0 Å². The third kappa shape index (κ3) is 8.35. The molecule has 0 aliphatic rings. The first-order valence-electron chi connectivity index (χ1n) is 6.06. The number of carbonyl (C=O) groups excluding carboxylic acids is 2. The van der Waals surface area contributed by atoms with Gasteiger partial charge in [-0.05, 0) is 6.42 Å². The first kappa shape index (κ1) is 19.1. The molecule has 0 aromatic heterocycles. The minimum atomic E-state index is -1.73. The molecule has 2 atom stereocenters. The zero-order valence-corrected chi connectivity index (χ0v) is 11.4. The van der Waals surface area contributed by atoms with Crippen molar-refractivity contribution in [3.63, 3.8) is 0 Å². The van der Waals surface area contributed by atoms with Crippen LogP contribution in [0, 0.1) is 0 Å². The first-order chi connectivity index (χ1) is 10.1. The average molecular weight is 320 g/mol. The van der Waals surface area contributed by atoms with E-state index in [9.17, 15) is 24.0 Å². The second kappa shape index (κ2) is 9.15. The van der Waals surface area contributed by atoms with Gasteiger partial charge in [0.05, 0.1) is 0 Å². The van der Waals surface area contributed by atoms with Gasteiger partial charge in [0.2, 0.25) is 0 Å². The van der Waals surface area contributed by atoms with Crippen LogP contribution in [0.5, 0.6) is 0 Å². The van der Waals surface area contributed by atoms with Crippen LogP contribution in [0.15, 0.2) is 0 Å². The van der Waals surface area contributed by atoms with Crippen molar-refractivity contribution in [1.82, 2.24) is 5.32 Å². The van der Waals surface area contributed by atoms with E-state index in [-0.39, 0.29) is 6.42 Å². The zero-order chi connectivity index (χ0) is 17.3. The van der Waals surface area contributed by atoms with Gasteiger partial charge in [-0.2, -0.15) is 0 Å². The van der Waals surface area contributed by atoms with Crippen LogP contribution in [0.4, 0.5) is 4.79 Å². The van der Waals surface area contributed by atoms with Crippen LogP contribution in [-0.4, -0.2) is 57.4 Å². The molecule has 0 aliphatic carbocycles. The summed E-state index contributed by atoms with van der Waals surface area (Å²) >= 11 is 0. The molecule has 0 aromatic rings. The molecule has 0 fully saturated rings. The number of nitrogens with one attached hydrogen (secondary N) is 1. The van der Waals surface area contributed by atoms with Crippen LogP contribution in [-0.2, 0) is 23.9 Å². The molecule has 0 rings (SSSR count). The van der Waals surface area contributed by atoms with Gasteiger partial charge in [-0.25, -0.2) is 14.4 Å². The zero-order valence-electron chi connectivity index (χ0n) is 11.4. The third-order valence-corrected chi connectivity index (χ3v) is 2.40. The molecular formula is C11H16N2O9. The van der Waals surface area contributed by atoms with Gasteiger partial charge >= 0.3 is 29.9 Å². The van der Waals surface area contributed by atoms with E-state index < -0.39 is 61.3 Å². The Kier molecular flexibility index (Phi) is 7.97. The van der Waals surface area contributed by atoms with Crippen LogP contribution < -0.4 is 11.1 Å². The molecule has 0 aliphatic heterocycles. The number of carbonyl (C=O) groups is 5. The Balaban J connectivity index is 4.79. The lowest BCUT2D eigenvalue weighted by molar-refractivity contribution is -0.166. The van der Waals surface area contributed by atoms with E-state index in [0.29, 0.717) is 0 Å². The predicted molar refractivity (Wildman–Crippen MR) is 67.8 cm³/mol. The van der Waals surface area contributed by atoms with E-state index in [0.717, 1.165) is 0 Å². The van der Waals surface area contributed by atoms with Crippen LogP contribution in [0.2, 0.25) is 0 Å². The standard InChI is InChI=1S/C11H16N2O9/c12-11(21)13-5(1-3-7(14)15)10(20)22-6(9(18)19)2-4-8(16)17/h5-6H,1-4H2,(H,14,15)(H,16,17)(H,18,19)(H3,12,13,21). The smallest absolute Gasteiger partial charge is 0.345 e. The molecule has 0 radical (unpaired) electrons. The summed E-state index contributed by atoms with van der Waals surface area (Å²) in [6, 6.07) is -2.56. The molecule has 11 heteroatoms. The molecule has 6 N–H and O–H groups in total. The van der Waals surface area contributed by atoms with Gasteiger partial charge in [-0.3, -0.25) is 9.59 Å². The quantitative estimate of drug-likeness (QED) is 0.305. The maximum Gasteiger partial charge on any atom is 0.345 e. The van der Waals surface area contributed by atoms with Crippen LogP contribution >= 0.6 is 0 Å². The highest BCUT2D eigenvalue weighted by Crippen LogP contribution is 2.08. The second-order valence-electron chi connectivity index (χ2n) is 4.19. The van der Waals surface area contributed by atoms with Crippen LogP contribution in [0.25, 0.3) is 0 Å². The van der Waals surface area contributed by atoms with Gasteiger partial charge in [-0.1, -0.05) is 0 Å². The Bertz CT molecular complexity index is 462. The van der Waals surface area contributed by atoms with E-state index in [2.05, 4.69) is 4.74 Å². The van der Waals surface area contributed by atoms with Crippen molar-refractivity contribution in [3.05, 3.63) is 0 Å². The summed E-state index contributed by atoms with van der Waals surface area (Å²) in [4.78, 5) is 54.3. The number of primary amides is 1. The Hall–Kier alpha value is -2.85. The number of urea groups is 1. The highest BCUT2D eigenvalue weighted by Gasteiger charge is 2.29. The van der Waals surface area contributed by atoms with E-state index in [1.807, 2.05) is 5.32 Å². The fourth-order valence-corrected chi connectivity index (χ4v) is 1.40. The van der Waals surface area contributed by atoms with Crippen LogP contribution in [0.3, 0.4) is 0 Å². The minimum Gasteiger partial charge on any atom is -0.481 e. The molecule has 22 heavy (non-hydrogen) atoms. The van der Waals surface area contributed by atoms with Gasteiger partial charge in [0.1, 0.15) is 6.04 Å². The number of nitrogens with two attached hydrogens (primary N) is 1. The second-order valence-corrected chi connectivity index (χ2v) is 4.19. The average Bonchev–Trinajstić information content (AvgIpc) is 2.37. The summed E-state index contributed by atoms with van der Waals surface area (Å²) in [5.74, 6) is -5.30. The molecule has 2 unspecified atom stereocenters. The SMILES string of the molecule is NC(=O)NC(CCC(=O)O)C(=O)OC(CCC(=O)O)C(=O)O.